The summed E-state index contributed by atoms with van der Waals surface area (Å²) >= 11 is 7.70. The quantitative estimate of drug-likeness (QED) is 0.512. The highest BCUT2D eigenvalue weighted by Gasteiger charge is 2.27. The van der Waals surface area contributed by atoms with E-state index >= 15 is 0 Å². The van der Waals surface area contributed by atoms with E-state index in [1.54, 1.807) is 13.0 Å². The van der Waals surface area contributed by atoms with E-state index in [0.717, 1.165) is 35.2 Å². The Hall–Kier alpha value is -2.84. The van der Waals surface area contributed by atoms with E-state index < -0.39 is 11.3 Å². The van der Waals surface area contributed by atoms with E-state index in [2.05, 4.69) is 26.9 Å². The minimum atomic E-state index is -0.563. The molecule has 32 heavy (non-hydrogen) atoms. The molecule has 1 fully saturated rings. The Balaban J connectivity index is 1.67. The van der Waals surface area contributed by atoms with Crippen molar-refractivity contribution in [2.45, 2.75) is 50.1 Å². The number of nitrogens with zero attached hydrogens (tertiary/aromatic N) is 3. The summed E-state index contributed by atoms with van der Waals surface area (Å²) in [7, 11) is 0. The molecule has 1 aromatic heterocycles. The Bertz CT molecular complexity index is 1170. The molecule has 1 saturated carbocycles. The number of carbonyl (C=O) groups excluding carboxylic acids is 2. The lowest BCUT2D eigenvalue weighted by atomic mass is 10.1. The molecule has 2 aromatic carbocycles. The van der Waals surface area contributed by atoms with Gasteiger partial charge in [-0.1, -0.05) is 47.6 Å². The minimum Gasteiger partial charge on any atom is -0.335 e. The lowest BCUT2D eigenvalue weighted by Gasteiger charge is -2.16. The molecule has 0 spiro atoms. The number of halogens is 1. The first-order valence-corrected chi connectivity index (χ1v) is 11.6. The van der Waals surface area contributed by atoms with Gasteiger partial charge in [-0.2, -0.15) is 0 Å². The molecule has 4 rings (SSSR count). The zero-order valence-electron chi connectivity index (χ0n) is 18.1. The molecular formula is C23H24ClN5O2S. The van der Waals surface area contributed by atoms with Gasteiger partial charge in [-0.15, -0.1) is 10.2 Å². The summed E-state index contributed by atoms with van der Waals surface area (Å²) in [6.45, 7) is 5.77. The van der Waals surface area contributed by atoms with E-state index in [1.165, 1.54) is 11.8 Å². The van der Waals surface area contributed by atoms with Gasteiger partial charge in [0, 0.05) is 11.6 Å². The maximum Gasteiger partial charge on any atom is 0.321 e. The summed E-state index contributed by atoms with van der Waals surface area (Å²) in [5, 5.41) is 14.5. The Labute approximate surface area is 196 Å². The predicted molar refractivity (Wildman–Crippen MR) is 126 cm³/mol. The lowest BCUT2D eigenvalue weighted by molar-refractivity contribution is -0.119. The van der Waals surface area contributed by atoms with E-state index in [4.69, 9.17) is 11.6 Å². The average molecular weight is 470 g/mol. The van der Waals surface area contributed by atoms with Crippen molar-refractivity contribution in [3.8, 4) is 17.1 Å². The van der Waals surface area contributed by atoms with Crippen molar-refractivity contribution in [2.75, 3.05) is 0 Å². The summed E-state index contributed by atoms with van der Waals surface area (Å²) in [4.78, 5) is 24.5. The van der Waals surface area contributed by atoms with Crippen molar-refractivity contribution < 1.29 is 9.59 Å². The molecule has 0 bridgehead atoms. The van der Waals surface area contributed by atoms with Gasteiger partial charge in [0.2, 0.25) is 5.91 Å². The fourth-order valence-electron chi connectivity index (χ4n) is 3.22. The van der Waals surface area contributed by atoms with Gasteiger partial charge in [0.25, 0.3) is 0 Å². The molecule has 1 unspecified atom stereocenters. The van der Waals surface area contributed by atoms with Gasteiger partial charge in [-0.25, -0.2) is 4.79 Å². The van der Waals surface area contributed by atoms with Crippen LogP contribution < -0.4 is 10.6 Å². The molecule has 1 heterocycles. The SMILES string of the molecule is Cc1ccc(C)c(-n2c(SC(C)C(=O)NC(=O)NC3CC3)nnc2-c2ccccc2Cl)c1. The Morgan fingerprint density at radius 2 is 1.91 bits per heavy atom. The maximum absolute atomic E-state index is 12.6. The van der Waals surface area contributed by atoms with Crippen LogP contribution in [0.5, 0.6) is 0 Å². The molecule has 3 amide bonds. The number of imide groups is 1. The third-order valence-corrected chi connectivity index (χ3v) is 6.53. The highest BCUT2D eigenvalue weighted by Crippen LogP contribution is 2.34. The predicted octanol–water partition coefficient (Wildman–Crippen LogP) is 4.67. The number of urea groups is 1. The Morgan fingerprint density at radius 1 is 1.16 bits per heavy atom. The van der Waals surface area contributed by atoms with Crippen molar-refractivity contribution in [3.63, 3.8) is 0 Å². The lowest BCUT2D eigenvalue weighted by Crippen LogP contribution is -2.43. The normalized spacial score (nSPS) is 14.1. The summed E-state index contributed by atoms with van der Waals surface area (Å²) in [5.74, 6) is 0.203. The van der Waals surface area contributed by atoms with Crippen molar-refractivity contribution in [2.24, 2.45) is 0 Å². The number of carbonyl (C=O) groups is 2. The first-order valence-electron chi connectivity index (χ1n) is 10.4. The van der Waals surface area contributed by atoms with Crippen LogP contribution in [0.15, 0.2) is 47.6 Å². The second-order valence-electron chi connectivity index (χ2n) is 7.91. The van der Waals surface area contributed by atoms with Crippen LogP contribution in [-0.4, -0.2) is 38.0 Å². The molecule has 1 aliphatic carbocycles. The summed E-state index contributed by atoms with van der Waals surface area (Å²) in [6.07, 6.45) is 1.91. The second-order valence-corrected chi connectivity index (χ2v) is 9.62. The standard InChI is InChI=1S/C23H24ClN5O2S/c1-13-8-9-14(2)19(12-13)29-20(17-6-4-5-7-18(17)24)27-28-23(29)32-15(3)21(30)26-22(31)25-16-10-11-16/h4-9,12,15-16H,10-11H2,1-3H3,(H2,25,26,30,31). The van der Waals surface area contributed by atoms with Gasteiger partial charge in [0.1, 0.15) is 0 Å². The number of hydrogen-bond acceptors (Lipinski definition) is 5. The van der Waals surface area contributed by atoms with Gasteiger partial charge in [-0.3, -0.25) is 14.7 Å². The fraction of sp³-hybridized carbons (Fsp3) is 0.304. The van der Waals surface area contributed by atoms with Gasteiger partial charge < -0.3 is 5.32 Å². The van der Waals surface area contributed by atoms with Gasteiger partial charge in [-0.05, 0) is 62.9 Å². The molecule has 7 nitrogen and oxygen atoms in total. The highest BCUT2D eigenvalue weighted by atomic mass is 35.5. The number of rotatable bonds is 6. The van der Waals surface area contributed by atoms with Crippen molar-refractivity contribution in [3.05, 3.63) is 58.6 Å². The van der Waals surface area contributed by atoms with Crippen LogP contribution in [0.3, 0.4) is 0 Å². The van der Waals surface area contributed by atoms with Crippen molar-refractivity contribution in [1.29, 1.82) is 0 Å². The van der Waals surface area contributed by atoms with Gasteiger partial charge >= 0.3 is 6.03 Å². The maximum atomic E-state index is 12.6. The average Bonchev–Trinajstić information content (AvgIpc) is 3.47. The van der Waals surface area contributed by atoms with Crippen LogP contribution >= 0.6 is 23.4 Å². The topological polar surface area (TPSA) is 88.9 Å². The van der Waals surface area contributed by atoms with Gasteiger partial charge in [0.15, 0.2) is 11.0 Å². The molecule has 1 aliphatic rings. The fourth-order valence-corrected chi connectivity index (χ4v) is 4.30. The molecule has 3 aromatic rings. The van der Waals surface area contributed by atoms with Crippen LogP contribution in [0.4, 0.5) is 4.79 Å². The second kappa shape index (κ2) is 9.34. The van der Waals surface area contributed by atoms with Crippen LogP contribution in [0.2, 0.25) is 5.02 Å². The number of aromatic nitrogens is 3. The van der Waals surface area contributed by atoms with E-state index in [1.807, 2.05) is 48.7 Å². The molecule has 0 radical (unpaired) electrons. The van der Waals surface area contributed by atoms with Crippen LogP contribution in [0, 0.1) is 13.8 Å². The van der Waals surface area contributed by atoms with Crippen molar-refractivity contribution in [1.82, 2.24) is 25.4 Å². The third kappa shape index (κ3) is 4.97. The molecule has 9 heteroatoms. The van der Waals surface area contributed by atoms with E-state index in [9.17, 15) is 9.59 Å². The van der Waals surface area contributed by atoms with Crippen LogP contribution in [-0.2, 0) is 4.79 Å². The Kier molecular flexibility index (Phi) is 6.53. The summed E-state index contributed by atoms with van der Waals surface area (Å²) in [5.41, 5.74) is 3.77. The molecule has 166 valence electrons. The number of aryl methyl sites for hydroxylation is 2. The van der Waals surface area contributed by atoms with E-state index in [0.29, 0.717) is 16.0 Å². The number of amides is 3. The summed E-state index contributed by atoms with van der Waals surface area (Å²) in [6, 6.07) is 13.3. The zero-order valence-corrected chi connectivity index (χ0v) is 19.6. The number of thioether (sulfide) groups is 1. The summed E-state index contributed by atoms with van der Waals surface area (Å²) < 4.78 is 1.92. The smallest absolute Gasteiger partial charge is 0.321 e. The van der Waals surface area contributed by atoms with Crippen molar-refractivity contribution >= 4 is 35.3 Å². The number of nitrogens with one attached hydrogen (secondary N) is 2. The number of benzene rings is 2. The molecule has 0 saturated heterocycles. The van der Waals surface area contributed by atoms with Crippen LogP contribution in [0.1, 0.15) is 30.9 Å². The zero-order chi connectivity index (χ0) is 22.8. The van der Waals surface area contributed by atoms with Crippen LogP contribution in [0.25, 0.3) is 17.1 Å². The highest BCUT2D eigenvalue weighted by molar-refractivity contribution is 8.00. The van der Waals surface area contributed by atoms with E-state index in [-0.39, 0.29) is 11.9 Å². The third-order valence-electron chi connectivity index (χ3n) is 5.15. The molecule has 2 N–H and O–H groups in total. The Morgan fingerprint density at radius 3 is 2.62 bits per heavy atom. The first kappa shape index (κ1) is 22.4. The monoisotopic (exact) mass is 469 g/mol. The number of hydrogen-bond donors (Lipinski definition) is 2. The molecule has 1 atom stereocenters. The van der Waals surface area contributed by atoms with Gasteiger partial charge in [0.05, 0.1) is 16.0 Å². The largest absolute Gasteiger partial charge is 0.335 e. The first-order chi connectivity index (χ1) is 15.3. The molecular weight excluding hydrogens is 446 g/mol. The minimum absolute atomic E-state index is 0.177. The molecule has 0 aliphatic heterocycles.